The molecule has 4 nitrogen and oxygen atoms in total. The molecule has 78 valence electrons. The number of rotatable bonds is 5. The van der Waals surface area contributed by atoms with E-state index in [2.05, 4.69) is 15.3 Å². The van der Waals surface area contributed by atoms with Crippen molar-refractivity contribution in [2.45, 2.75) is 31.5 Å². The third-order valence-electron chi connectivity index (χ3n) is 1.49. The Hall–Kier alpha value is -0.970. The predicted molar refractivity (Wildman–Crippen MR) is 57.2 cm³/mol. The molecule has 0 saturated carbocycles. The number of imidazole rings is 1. The van der Waals surface area contributed by atoms with E-state index in [0.29, 0.717) is 6.42 Å². The van der Waals surface area contributed by atoms with Crippen LogP contribution in [-0.2, 0) is 4.79 Å². The second kappa shape index (κ2) is 5.70. The van der Waals surface area contributed by atoms with Gasteiger partial charge in [-0.05, 0) is 13.8 Å². The molecule has 14 heavy (non-hydrogen) atoms. The summed E-state index contributed by atoms with van der Waals surface area (Å²) in [6, 6.07) is 0.219. The second-order valence-corrected chi connectivity index (χ2v) is 4.30. The molecule has 1 aromatic rings. The maximum absolute atomic E-state index is 11.2. The summed E-state index contributed by atoms with van der Waals surface area (Å²) >= 11 is 1.56. The van der Waals surface area contributed by atoms with Gasteiger partial charge in [0.15, 0.2) is 5.16 Å². The minimum absolute atomic E-state index is 0.0963. The first-order valence-corrected chi connectivity index (χ1v) is 5.58. The van der Waals surface area contributed by atoms with E-state index in [1.165, 1.54) is 0 Å². The molecule has 0 aliphatic rings. The van der Waals surface area contributed by atoms with Gasteiger partial charge in [-0.1, -0.05) is 11.8 Å². The number of hydrogen-bond donors (Lipinski definition) is 2. The standard InChI is InChI=1S/C9H15N3OS/c1-7(2)12-8(13)3-6-14-9-10-4-5-11-9/h4-5,7H,3,6H2,1-2H3,(H,10,11)(H,12,13). The van der Waals surface area contributed by atoms with Crippen LogP contribution in [0.4, 0.5) is 0 Å². The van der Waals surface area contributed by atoms with Crippen LogP contribution in [-0.4, -0.2) is 27.7 Å². The Labute approximate surface area is 87.9 Å². The number of aromatic nitrogens is 2. The molecule has 0 spiro atoms. The highest BCUT2D eigenvalue weighted by Gasteiger charge is 2.03. The zero-order valence-corrected chi connectivity index (χ0v) is 9.23. The first kappa shape index (κ1) is 11.1. The summed E-state index contributed by atoms with van der Waals surface area (Å²) in [4.78, 5) is 18.2. The lowest BCUT2D eigenvalue weighted by atomic mass is 10.3. The molecular weight excluding hydrogens is 198 g/mol. The number of nitrogens with zero attached hydrogens (tertiary/aromatic N) is 1. The largest absolute Gasteiger partial charge is 0.354 e. The van der Waals surface area contributed by atoms with Crippen LogP contribution < -0.4 is 5.32 Å². The van der Waals surface area contributed by atoms with Crippen molar-refractivity contribution in [2.24, 2.45) is 0 Å². The van der Waals surface area contributed by atoms with Gasteiger partial charge in [-0.25, -0.2) is 4.98 Å². The van der Waals surface area contributed by atoms with E-state index in [9.17, 15) is 4.79 Å². The van der Waals surface area contributed by atoms with Crippen molar-refractivity contribution >= 4 is 17.7 Å². The molecule has 0 aromatic carbocycles. The molecule has 0 atom stereocenters. The van der Waals surface area contributed by atoms with Crippen molar-refractivity contribution in [2.75, 3.05) is 5.75 Å². The number of nitrogens with one attached hydrogen (secondary N) is 2. The first-order valence-electron chi connectivity index (χ1n) is 4.60. The summed E-state index contributed by atoms with van der Waals surface area (Å²) in [5.41, 5.74) is 0. The average molecular weight is 213 g/mol. The molecule has 0 unspecified atom stereocenters. The highest BCUT2D eigenvalue weighted by atomic mass is 32.2. The Morgan fingerprint density at radius 1 is 1.71 bits per heavy atom. The Bertz CT molecular complexity index is 272. The number of H-pyrrole nitrogens is 1. The Kier molecular flexibility index (Phi) is 4.52. The normalized spacial score (nSPS) is 10.5. The van der Waals surface area contributed by atoms with Crippen LogP contribution in [0.2, 0.25) is 0 Å². The van der Waals surface area contributed by atoms with E-state index in [-0.39, 0.29) is 11.9 Å². The van der Waals surface area contributed by atoms with Crippen molar-refractivity contribution in [3.63, 3.8) is 0 Å². The van der Waals surface area contributed by atoms with Crippen LogP contribution in [0.25, 0.3) is 0 Å². The van der Waals surface area contributed by atoms with E-state index < -0.39 is 0 Å². The zero-order valence-electron chi connectivity index (χ0n) is 8.41. The van der Waals surface area contributed by atoms with Gasteiger partial charge in [0.2, 0.25) is 5.91 Å². The average Bonchev–Trinajstić information content (AvgIpc) is 2.55. The quantitative estimate of drug-likeness (QED) is 0.727. The second-order valence-electron chi connectivity index (χ2n) is 3.22. The van der Waals surface area contributed by atoms with Crippen molar-refractivity contribution in [3.05, 3.63) is 12.4 Å². The Morgan fingerprint density at radius 2 is 2.50 bits per heavy atom. The van der Waals surface area contributed by atoms with Gasteiger partial charge in [0.25, 0.3) is 0 Å². The number of hydrogen-bond acceptors (Lipinski definition) is 3. The summed E-state index contributed by atoms with van der Waals surface area (Å²) in [5.74, 6) is 0.852. The molecule has 0 fully saturated rings. The summed E-state index contributed by atoms with van der Waals surface area (Å²) in [6.45, 7) is 3.91. The SMILES string of the molecule is CC(C)NC(=O)CCSc1ncc[nH]1. The zero-order chi connectivity index (χ0) is 10.4. The van der Waals surface area contributed by atoms with Crippen LogP contribution in [0, 0.1) is 0 Å². The molecule has 0 aliphatic heterocycles. The third-order valence-corrected chi connectivity index (χ3v) is 2.40. The molecule has 1 rings (SSSR count). The predicted octanol–water partition coefficient (Wildman–Crippen LogP) is 1.42. The van der Waals surface area contributed by atoms with Crippen LogP contribution in [0.15, 0.2) is 17.6 Å². The molecule has 1 heterocycles. The fourth-order valence-corrected chi connectivity index (χ4v) is 1.73. The highest BCUT2D eigenvalue weighted by molar-refractivity contribution is 7.99. The molecule has 5 heteroatoms. The minimum atomic E-state index is 0.0963. The van der Waals surface area contributed by atoms with Crippen molar-refractivity contribution in [1.82, 2.24) is 15.3 Å². The lowest BCUT2D eigenvalue weighted by Gasteiger charge is -2.06. The number of aromatic amines is 1. The number of amides is 1. The summed E-state index contributed by atoms with van der Waals surface area (Å²) in [5, 5.41) is 3.70. The molecule has 1 amide bonds. The van der Waals surface area contributed by atoms with Gasteiger partial charge < -0.3 is 10.3 Å². The summed E-state index contributed by atoms with van der Waals surface area (Å²) in [6.07, 6.45) is 4.01. The van der Waals surface area contributed by atoms with Crippen LogP contribution in [0.1, 0.15) is 20.3 Å². The molecule has 2 N–H and O–H groups in total. The van der Waals surface area contributed by atoms with E-state index >= 15 is 0 Å². The van der Waals surface area contributed by atoms with Gasteiger partial charge in [-0.3, -0.25) is 4.79 Å². The van der Waals surface area contributed by atoms with Crippen LogP contribution >= 0.6 is 11.8 Å². The molecular formula is C9H15N3OS. The van der Waals surface area contributed by atoms with Gasteiger partial charge in [0.05, 0.1) is 0 Å². The van der Waals surface area contributed by atoms with Crippen LogP contribution in [0.5, 0.6) is 0 Å². The van der Waals surface area contributed by atoms with Gasteiger partial charge in [0.1, 0.15) is 0 Å². The van der Waals surface area contributed by atoms with E-state index in [4.69, 9.17) is 0 Å². The van der Waals surface area contributed by atoms with Gasteiger partial charge in [-0.15, -0.1) is 0 Å². The minimum Gasteiger partial charge on any atom is -0.354 e. The lowest BCUT2D eigenvalue weighted by Crippen LogP contribution is -2.30. The van der Waals surface area contributed by atoms with Gasteiger partial charge in [0, 0.05) is 30.6 Å². The topological polar surface area (TPSA) is 57.8 Å². The molecule has 0 bridgehead atoms. The fourth-order valence-electron chi connectivity index (χ4n) is 0.964. The van der Waals surface area contributed by atoms with Gasteiger partial charge in [-0.2, -0.15) is 0 Å². The highest BCUT2D eigenvalue weighted by Crippen LogP contribution is 2.12. The van der Waals surface area contributed by atoms with Crippen molar-refractivity contribution in [1.29, 1.82) is 0 Å². The van der Waals surface area contributed by atoms with Crippen LogP contribution in [0.3, 0.4) is 0 Å². The third kappa shape index (κ3) is 4.32. The lowest BCUT2D eigenvalue weighted by molar-refractivity contribution is -0.121. The molecule has 0 aliphatic carbocycles. The summed E-state index contributed by atoms with van der Waals surface area (Å²) < 4.78 is 0. The number of carbonyl (C=O) groups excluding carboxylic acids is 1. The molecule has 0 radical (unpaired) electrons. The number of carbonyl (C=O) groups is 1. The fraction of sp³-hybridized carbons (Fsp3) is 0.556. The Morgan fingerprint density at radius 3 is 3.07 bits per heavy atom. The summed E-state index contributed by atoms with van der Waals surface area (Å²) in [7, 11) is 0. The van der Waals surface area contributed by atoms with Crippen molar-refractivity contribution < 1.29 is 4.79 Å². The van der Waals surface area contributed by atoms with Crippen molar-refractivity contribution in [3.8, 4) is 0 Å². The molecule has 1 aromatic heterocycles. The van der Waals surface area contributed by atoms with E-state index in [0.717, 1.165) is 10.9 Å². The van der Waals surface area contributed by atoms with Gasteiger partial charge >= 0.3 is 0 Å². The molecule has 0 saturated heterocycles. The van der Waals surface area contributed by atoms with E-state index in [1.807, 2.05) is 13.8 Å². The Balaban J connectivity index is 2.12. The number of thioether (sulfide) groups is 1. The van der Waals surface area contributed by atoms with E-state index in [1.54, 1.807) is 24.2 Å². The maximum atomic E-state index is 11.2. The maximum Gasteiger partial charge on any atom is 0.221 e. The first-order chi connectivity index (χ1) is 6.68. The monoisotopic (exact) mass is 213 g/mol. The smallest absolute Gasteiger partial charge is 0.221 e.